The highest BCUT2D eigenvalue weighted by atomic mass is 16.5. The van der Waals surface area contributed by atoms with E-state index in [4.69, 9.17) is 10.1 Å². The number of carbonyl (C=O) groups is 2. The summed E-state index contributed by atoms with van der Waals surface area (Å²) in [6.07, 6.45) is 6.77. The maximum absolute atomic E-state index is 12.4. The Kier molecular flexibility index (Phi) is 10.5. The average molecular weight is 480 g/mol. The number of Topliss-reactive ketones (excluding diaryl/α,β-unsaturated/α-hetero) is 1. The van der Waals surface area contributed by atoms with Crippen molar-refractivity contribution in [1.82, 2.24) is 10.3 Å². The predicted molar refractivity (Wildman–Crippen MR) is 142 cm³/mol. The van der Waals surface area contributed by atoms with Crippen LogP contribution in [0.3, 0.4) is 0 Å². The fraction of sp³-hybridized carbons (Fsp3) is 0.407. The number of benzene rings is 1. The van der Waals surface area contributed by atoms with Gasteiger partial charge >= 0.3 is 0 Å². The van der Waals surface area contributed by atoms with Gasteiger partial charge in [-0.2, -0.15) is 0 Å². The Bertz CT molecular complexity index is 1090. The monoisotopic (exact) mass is 479 g/mol. The van der Waals surface area contributed by atoms with Crippen LogP contribution in [-0.4, -0.2) is 36.5 Å². The molecule has 1 aliphatic rings. The zero-order valence-electron chi connectivity index (χ0n) is 21.5. The molecule has 8 heteroatoms. The highest BCUT2D eigenvalue weighted by Gasteiger charge is 2.30. The molecule has 1 aromatic carbocycles. The molecule has 1 fully saturated rings. The van der Waals surface area contributed by atoms with E-state index >= 15 is 0 Å². The van der Waals surface area contributed by atoms with Gasteiger partial charge in [0.05, 0.1) is 24.0 Å². The first-order chi connectivity index (χ1) is 16.7. The first-order valence-corrected chi connectivity index (χ1v) is 11.9. The van der Waals surface area contributed by atoms with Gasteiger partial charge in [-0.05, 0) is 51.4 Å². The summed E-state index contributed by atoms with van der Waals surface area (Å²) >= 11 is 0. The molecular formula is C27H37N5O3. The van der Waals surface area contributed by atoms with Crippen molar-refractivity contribution in [1.29, 1.82) is 5.41 Å². The van der Waals surface area contributed by atoms with E-state index in [-0.39, 0.29) is 17.6 Å². The van der Waals surface area contributed by atoms with Crippen LogP contribution in [0.15, 0.2) is 42.2 Å². The Hall–Kier alpha value is -3.68. The summed E-state index contributed by atoms with van der Waals surface area (Å²) in [4.78, 5) is 28.7. The number of pyridine rings is 1. The van der Waals surface area contributed by atoms with E-state index in [9.17, 15) is 9.59 Å². The average Bonchev–Trinajstić information content (AvgIpc) is 3.70. The summed E-state index contributed by atoms with van der Waals surface area (Å²) in [5.41, 5.74) is 4.02. The molecule has 1 aliphatic carbocycles. The molecule has 1 amide bonds. The van der Waals surface area contributed by atoms with Crippen LogP contribution >= 0.6 is 0 Å². The number of ketones is 1. The number of nitrogens with one attached hydrogen (secondary N) is 4. The van der Waals surface area contributed by atoms with Crippen LogP contribution in [0.1, 0.15) is 69.3 Å². The van der Waals surface area contributed by atoms with Crippen LogP contribution in [0.25, 0.3) is 0 Å². The van der Waals surface area contributed by atoms with Crippen molar-refractivity contribution in [2.45, 2.75) is 53.4 Å². The lowest BCUT2D eigenvalue weighted by molar-refractivity contribution is -0.117. The highest BCUT2D eigenvalue weighted by molar-refractivity contribution is 6.04. The molecule has 1 aromatic heterocycles. The van der Waals surface area contributed by atoms with E-state index < -0.39 is 0 Å². The number of aromatic nitrogens is 1. The van der Waals surface area contributed by atoms with E-state index in [1.165, 1.54) is 11.8 Å². The SMILES string of the molecule is CC/C(C)=C/NC.CCC(=O)c1cnc(NC(=O)C2CC2)cc1Nc1cccc(C(C)=N)c1OC. The third-order valence-corrected chi connectivity index (χ3v) is 5.57. The topological polar surface area (TPSA) is 116 Å². The van der Waals surface area contributed by atoms with Crippen LogP contribution in [-0.2, 0) is 4.79 Å². The van der Waals surface area contributed by atoms with E-state index in [1.54, 1.807) is 33.1 Å². The number of nitrogens with zero attached hydrogens (tertiary/aromatic N) is 1. The molecule has 0 saturated heterocycles. The van der Waals surface area contributed by atoms with Gasteiger partial charge in [0.2, 0.25) is 5.91 Å². The molecule has 0 unspecified atom stereocenters. The van der Waals surface area contributed by atoms with Gasteiger partial charge < -0.3 is 26.1 Å². The molecule has 4 N–H and O–H groups in total. The van der Waals surface area contributed by atoms with E-state index in [0.717, 1.165) is 19.3 Å². The zero-order valence-corrected chi connectivity index (χ0v) is 21.5. The Balaban J connectivity index is 0.000000540. The van der Waals surface area contributed by atoms with Gasteiger partial charge in [0.1, 0.15) is 5.82 Å². The number of carbonyl (C=O) groups excluding carboxylic acids is 2. The minimum Gasteiger partial charge on any atom is -0.494 e. The summed E-state index contributed by atoms with van der Waals surface area (Å²) in [5, 5.41) is 16.9. The van der Waals surface area contributed by atoms with Crippen LogP contribution < -0.4 is 20.7 Å². The third kappa shape index (κ3) is 7.95. The number of para-hydroxylation sites is 1. The first-order valence-electron chi connectivity index (χ1n) is 11.9. The number of rotatable bonds is 10. The highest BCUT2D eigenvalue weighted by Crippen LogP contribution is 2.34. The standard InChI is InChI=1S/C21H24N4O3.C6H13N/c1-4-18(26)15-11-23-19(25-21(27)13-8-9-13)10-17(15)24-16-7-5-6-14(12(2)22)20(16)28-3;1-4-6(2)5-7-3/h5-7,10-11,13,22H,4,8-9H2,1-3H3,(H2,23,24,25,27);5,7H,4H2,1-3H3/b;6-5+. The second-order valence-corrected chi connectivity index (χ2v) is 8.42. The van der Waals surface area contributed by atoms with Crippen molar-refractivity contribution in [3.63, 3.8) is 0 Å². The molecule has 2 aromatic rings. The molecule has 0 aliphatic heterocycles. The Morgan fingerprint density at radius 1 is 1.14 bits per heavy atom. The van der Waals surface area contributed by atoms with Gasteiger partial charge in [0, 0.05) is 42.9 Å². The predicted octanol–water partition coefficient (Wildman–Crippen LogP) is 5.68. The molecule has 0 spiro atoms. The van der Waals surface area contributed by atoms with Gasteiger partial charge in [0.25, 0.3) is 0 Å². The van der Waals surface area contributed by atoms with Crippen molar-refractivity contribution in [2.24, 2.45) is 5.92 Å². The number of anilines is 3. The van der Waals surface area contributed by atoms with Gasteiger partial charge in [-0.25, -0.2) is 4.98 Å². The van der Waals surface area contributed by atoms with E-state index in [1.807, 2.05) is 25.4 Å². The second-order valence-electron chi connectivity index (χ2n) is 8.42. The Morgan fingerprint density at radius 3 is 2.37 bits per heavy atom. The van der Waals surface area contributed by atoms with Gasteiger partial charge in [-0.3, -0.25) is 9.59 Å². The third-order valence-electron chi connectivity index (χ3n) is 5.57. The molecule has 188 valence electrons. The molecular weight excluding hydrogens is 442 g/mol. The zero-order chi connectivity index (χ0) is 26.0. The number of hydrogen-bond donors (Lipinski definition) is 4. The maximum Gasteiger partial charge on any atom is 0.228 e. The summed E-state index contributed by atoms with van der Waals surface area (Å²) in [5.74, 6) is 0.860. The number of hydrogen-bond acceptors (Lipinski definition) is 7. The normalized spacial score (nSPS) is 12.7. The van der Waals surface area contributed by atoms with Gasteiger partial charge in [0.15, 0.2) is 11.5 Å². The summed E-state index contributed by atoms with van der Waals surface area (Å²) in [6, 6.07) is 7.09. The maximum atomic E-state index is 12.4. The summed E-state index contributed by atoms with van der Waals surface area (Å²) < 4.78 is 5.50. The fourth-order valence-electron chi connectivity index (χ4n) is 3.26. The molecule has 8 nitrogen and oxygen atoms in total. The molecule has 0 bridgehead atoms. The lowest BCUT2D eigenvalue weighted by Crippen LogP contribution is -2.15. The Labute approximate surface area is 208 Å². The molecule has 35 heavy (non-hydrogen) atoms. The summed E-state index contributed by atoms with van der Waals surface area (Å²) in [7, 11) is 3.46. The molecule has 0 radical (unpaired) electrons. The van der Waals surface area contributed by atoms with Crippen molar-refractivity contribution in [2.75, 3.05) is 24.8 Å². The van der Waals surface area contributed by atoms with Gasteiger partial charge in [-0.1, -0.05) is 25.5 Å². The first kappa shape index (κ1) is 27.6. The number of amides is 1. The molecule has 0 atom stereocenters. The van der Waals surface area contributed by atoms with Crippen molar-refractivity contribution in [3.8, 4) is 5.75 Å². The molecule has 1 saturated carbocycles. The van der Waals surface area contributed by atoms with E-state index in [0.29, 0.717) is 46.2 Å². The quantitative estimate of drug-likeness (QED) is 0.257. The van der Waals surface area contributed by atoms with Crippen LogP contribution in [0, 0.1) is 11.3 Å². The van der Waals surface area contributed by atoms with E-state index in [2.05, 4.69) is 34.8 Å². The minimum atomic E-state index is -0.0616. The fourth-order valence-corrected chi connectivity index (χ4v) is 3.26. The van der Waals surface area contributed by atoms with Crippen molar-refractivity contribution >= 4 is 34.6 Å². The lowest BCUT2D eigenvalue weighted by atomic mass is 10.1. The lowest BCUT2D eigenvalue weighted by Gasteiger charge is -2.17. The summed E-state index contributed by atoms with van der Waals surface area (Å²) in [6.45, 7) is 7.72. The van der Waals surface area contributed by atoms with Crippen LogP contribution in [0.4, 0.5) is 17.2 Å². The Morgan fingerprint density at radius 2 is 1.86 bits per heavy atom. The van der Waals surface area contributed by atoms with Crippen LogP contribution in [0.2, 0.25) is 0 Å². The number of allylic oxidation sites excluding steroid dienone is 1. The largest absolute Gasteiger partial charge is 0.494 e. The van der Waals surface area contributed by atoms with Crippen LogP contribution in [0.5, 0.6) is 5.75 Å². The van der Waals surface area contributed by atoms with Crippen molar-refractivity contribution < 1.29 is 14.3 Å². The minimum absolute atomic E-state index is 0.0490. The molecule has 1 heterocycles. The number of ether oxygens (including phenoxy) is 1. The molecule has 3 rings (SSSR count). The van der Waals surface area contributed by atoms with Gasteiger partial charge in [-0.15, -0.1) is 0 Å². The van der Waals surface area contributed by atoms with Crippen molar-refractivity contribution in [3.05, 3.63) is 53.4 Å². The second kappa shape index (κ2) is 13.3. The number of methoxy groups -OCH3 is 1. The smallest absolute Gasteiger partial charge is 0.228 e.